The smallest absolute Gasteiger partial charge is 0.323 e. The number of aliphatic hydroxyl groups is 1. The van der Waals surface area contributed by atoms with Gasteiger partial charge in [0.1, 0.15) is 6.04 Å². The Morgan fingerprint density at radius 3 is 2.45 bits per heavy atom. The molecule has 0 fully saturated rings. The Balaban J connectivity index is 3.63. The van der Waals surface area contributed by atoms with E-state index in [1.807, 2.05) is 0 Å². The van der Waals surface area contributed by atoms with Crippen molar-refractivity contribution >= 4 is 5.97 Å². The molecule has 5 heteroatoms. The molecule has 0 aliphatic heterocycles. The third kappa shape index (κ3) is 3.92. The number of rotatable bonds is 5. The average Bonchev–Trinajstić information content (AvgIpc) is 1.98. The van der Waals surface area contributed by atoms with E-state index in [1.165, 1.54) is 0 Å². The van der Waals surface area contributed by atoms with Crippen molar-refractivity contribution in [2.75, 3.05) is 6.54 Å². The quantitative estimate of drug-likeness (QED) is 0.393. The molecule has 2 unspecified atom stereocenters. The first-order valence-electron chi connectivity index (χ1n) is 3.46. The molecule has 6 N–H and O–H groups in total. The van der Waals surface area contributed by atoms with Gasteiger partial charge in [0.15, 0.2) is 0 Å². The van der Waals surface area contributed by atoms with Crippen LogP contribution in [0.1, 0.15) is 12.8 Å². The summed E-state index contributed by atoms with van der Waals surface area (Å²) in [7, 11) is 0. The Morgan fingerprint density at radius 1 is 1.55 bits per heavy atom. The number of carboxylic acids is 1. The molecule has 0 radical (unpaired) electrons. The zero-order chi connectivity index (χ0) is 8.85. The zero-order valence-electron chi connectivity index (χ0n) is 6.23. The molecule has 2 atom stereocenters. The minimum absolute atomic E-state index is 0.337. The molecule has 0 saturated heterocycles. The normalized spacial score (nSPS) is 15.9. The van der Waals surface area contributed by atoms with Gasteiger partial charge in [-0.25, -0.2) is 0 Å². The summed E-state index contributed by atoms with van der Waals surface area (Å²) in [6.45, 7) is 0.434. The summed E-state index contributed by atoms with van der Waals surface area (Å²) in [5.74, 6) is -1.19. The monoisotopic (exact) mass is 162 g/mol. The summed E-state index contributed by atoms with van der Waals surface area (Å²) in [4.78, 5) is 10.2. The van der Waals surface area contributed by atoms with Crippen LogP contribution in [0.3, 0.4) is 0 Å². The molecule has 0 aromatic carbocycles. The SMILES string of the molecule is NCCCC(O)C(N)C(=O)O. The van der Waals surface area contributed by atoms with Gasteiger partial charge in [0.05, 0.1) is 6.10 Å². The standard InChI is InChI=1S/C6H14N2O3/c7-3-1-2-4(9)5(8)6(10)11/h4-5,9H,1-3,7-8H2,(H,10,11). The van der Waals surface area contributed by atoms with Gasteiger partial charge in [0.25, 0.3) is 0 Å². The Kier molecular flexibility index (Phi) is 4.76. The lowest BCUT2D eigenvalue weighted by Crippen LogP contribution is -2.41. The van der Waals surface area contributed by atoms with Gasteiger partial charge >= 0.3 is 5.97 Å². The summed E-state index contributed by atoms with van der Waals surface area (Å²) < 4.78 is 0. The van der Waals surface area contributed by atoms with E-state index in [-0.39, 0.29) is 0 Å². The molecule has 5 nitrogen and oxygen atoms in total. The van der Waals surface area contributed by atoms with E-state index in [4.69, 9.17) is 21.7 Å². The first-order chi connectivity index (χ1) is 5.09. The average molecular weight is 162 g/mol. The first kappa shape index (κ1) is 10.3. The van der Waals surface area contributed by atoms with Gasteiger partial charge in [-0.2, -0.15) is 0 Å². The van der Waals surface area contributed by atoms with E-state index < -0.39 is 18.1 Å². The third-order valence-corrected chi connectivity index (χ3v) is 1.40. The molecule has 0 aliphatic carbocycles. The number of hydrogen-bond donors (Lipinski definition) is 4. The summed E-state index contributed by atoms with van der Waals surface area (Å²) in [5.41, 5.74) is 10.3. The lowest BCUT2D eigenvalue weighted by molar-refractivity contribution is -0.141. The fraction of sp³-hybridized carbons (Fsp3) is 0.833. The van der Waals surface area contributed by atoms with Crippen LogP contribution in [0, 0.1) is 0 Å². The van der Waals surface area contributed by atoms with E-state index >= 15 is 0 Å². The lowest BCUT2D eigenvalue weighted by atomic mass is 10.1. The molecular weight excluding hydrogens is 148 g/mol. The van der Waals surface area contributed by atoms with Crippen molar-refractivity contribution < 1.29 is 15.0 Å². The highest BCUT2D eigenvalue weighted by atomic mass is 16.4. The van der Waals surface area contributed by atoms with Crippen molar-refractivity contribution in [2.24, 2.45) is 11.5 Å². The van der Waals surface area contributed by atoms with E-state index in [0.29, 0.717) is 19.4 Å². The Morgan fingerprint density at radius 2 is 2.09 bits per heavy atom. The molecule has 66 valence electrons. The molecule has 0 aromatic heterocycles. The lowest BCUT2D eigenvalue weighted by Gasteiger charge is -2.13. The van der Waals surface area contributed by atoms with Crippen LogP contribution in [-0.2, 0) is 4.79 Å². The van der Waals surface area contributed by atoms with Crippen molar-refractivity contribution in [2.45, 2.75) is 25.0 Å². The van der Waals surface area contributed by atoms with Crippen LogP contribution >= 0.6 is 0 Å². The number of hydrogen-bond acceptors (Lipinski definition) is 4. The minimum atomic E-state index is -1.19. The van der Waals surface area contributed by atoms with Crippen LogP contribution in [0.15, 0.2) is 0 Å². The highest BCUT2D eigenvalue weighted by molar-refractivity contribution is 5.73. The maximum absolute atomic E-state index is 10.2. The number of aliphatic carboxylic acids is 1. The van der Waals surface area contributed by atoms with E-state index in [1.54, 1.807) is 0 Å². The number of nitrogens with two attached hydrogens (primary N) is 2. The highest BCUT2D eigenvalue weighted by Crippen LogP contribution is 1.99. The van der Waals surface area contributed by atoms with Crippen molar-refractivity contribution in [3.8, 4) is 0 Å². The maximum atomic E-state index is 10.2. The molecule has 0 rings (SSSR count). The van der Waals surface area contributed by atoms with Crippen LogP contribution in [0.4, 0.5) is 0 Å². The third-order valence-electron chi connectivity index (χ3n) is 1.40. The van der Waals surface area contributed by atoms with Crippen LogP contribution < -0.4 is 11.5 Å². The molecule has 0 amide bonds. The molecule has 11 heavy (non-hydrogen) atoms. The maximum Gasteiger partial charge on any atom is 0.323 e. The molecule has 0 aliphatic rings. The molecule has 0 aromatic rings. The van der Waals surface area contributed by atoms with Crippen molar-refractivity contribution in [3.63, 3.8) is 0 Å². The first-order valence-corrected chi connectivity index (χ1v) is 3.46. The van der Waals surface area contributed by atoms with Crippen molar-refractivity contribution in [1.82, 2.24) is 0 Å². The second-order valence-corrected chi connectivity index (χ2v) is 2.36. The fourth-order valence-corrected chi connectivity index (χ4v) is 0.671. The van der Waals surface area contributed by atoms with Gasteiger partial charge < -0.3 is 21.7 Å². The fourth-order valence-electron chi connectivity index (χ4n) is 0.671. The largest absolute Gasteiger partial charge is 0.480 e. The molecule has 0 saturated carbocycles. The van der Waals surface area contributed by atoms with E-state index in [0.717, 1.165) is 0 Å². The Hall–Kier alpha value is -0.650. The summed E-state index contributed by atoms with van der Waals surface area (Å²) >= 11 is 0. The molecule has 0 heterocycles. The zero-order valence-corrected chi connectivity index (χ0v) is 6.23. The van der Waals surface area contributed by atoms with E-state index in [2.05, 4.69) is 0 Å². The van der Waals surface area contributed by atoms with Gasteiger partial charge in [0, 0.05) is 0 Å². The molecule has 0 bridgehead atoms. The number of carboxylic acid groups (broad SMARTS) is 1. The number of carbonyl (C=O) groups is 1. The molecular formula is C6H14N2O3. The number of aliphatic hydroxyl groups excluding tert-OH is 1. The highest BCUT2D eigenvalue weighted by Gasteiger charge is 2.20. The van der Waals surface area contributed by atoms with Crippen LogP contribution in [0.2, 0.25) is 0 Å². The summed E-state index contributed by atoms with van der Waals surface area (Å²) in [5, 5.41) is 17.4. The topological polar surface area (TPSA) is 110 Å². The van der Waals surface area contributed by atoms with Crippen LogP contribution in [-0.4, -0.2) is 34.9 Å². The van der Waals surface area contributed by atoms with Gasteiger partial charge in [0.2, 0.25) is 0 Å². The van der Waals surface area contributed by atoms with Gasteiger partial charge in [-0.3, -0.25) is 4.79 Å². The van der Waals surface area contributed by atoms with Gasteiger partial charge in [-0.05, 0) is 19.4 Å². The predicted octanol–water partition coefficient (Wildman–Crippen LogP) is -1.50. The summed E-state index contributed by atoms with van der Waals surface area (Å²) in [6.07, 6.45) is -0.0670. The summed E-state index contributed by atoms with van der Waals surface area (Å²) in [6, 6.07) is -1.19. The van der Waals surface area contributed by atoms with Crippen molar-refractivity contribution in [3.05, 3.63) is 0 Å². The predicted molar refractivity (Wildman–Crippen MR) is 39.9 cm³/mol. The van der Waals surface area contributed by atoms with E-state index in [9.17, 15) is 4.79 Å². The minimum Gasteiger partial charge on any atom is -0.480 e. The van der Waals surface area contributed by atoms with Crippen molar-refractivity contribution in [1.29, 1.82) is 0 Å². The molecule has 0 spiro atoms. The Bertz CT molecular complexity index is 129. The van der Waals surface area contributed by atoms with Gasteiger partial charge in [-0.15, -0.1) is 0 Å². The van der Waals surface area contributed by atoms with Gasteiger partial charge in [-0.1, -0.05) is 0 Å². The van der Waals surface area contributed by atoms with Crippen LogP contribution in [0.5, 0.6) is 0 Å². The second kappa shape index (κ2) is 5.06. The van der Waals surface area contributed by atoms with Crippen LogP contribution in [0.25, 0.3) is 0 Å². The Labute approximate surface area is 65.0 Å². The second-order valence-electron chi connectivity index (χ2n) is 2.36.